The Morgan fingerprint density at radius 3 is 2.12 bits per heavy atom. The fourth-order valence-corrected chi connectivity index (χ4v) is 5.57. The molecule has 0 aromatic heterocycles. The van der Waals surface area contributed by atoms with Gasteiger partial charge in [0.1, 0.15) is 0 Å². The third kappa shape index (κ3) is 2.03. The summed E-state index contributed by atoms with van der Waals surface area (Å²) in [5, 5.41) is 3.81. The zero-order chi connectivity index (χ0) is 17.2. The van der Waals surface area contributed by atoms with Crippen molar-refractivity contribution in [3.8, 4) is 11.1 Å². The van der Waals surface area contributed by atoms with Gasteiger partial charge >= 0.3 is 0 Å². The van der Waals surface area contributed by atoms with Gasteiger partial charge in [0.2, 0.25) is 0 Å². The van der Waals surface area contributed by atoms with E-state index in [0.29, 0.717) is 0 Å². The van der Waals surface area contributed by atoms with Crippen molar-refractivity contribution in [3.63, 3.8) is 0 Å². The second-order valence-corrected chi connectivity index (χ2v) is 13.0. The SMILES string of the molecule is Cc1cc(C)c2cc([Si](C)(C)C)c3c(c2c1)-c1ccccc1C3=O. The molecule has 24 heavy (non-hydrogen) atoms. The van der Waals surface area contributed by atoms with Gasteiger partial charge in [0, 0.05) is 16.7 Å². The van der Waals surface area contributed by atoms with Crippen molar-refractivity contribution in [1.82, 2.24) is 0 Å². The molecule has 3 aromatic rings. The van der Waals surface area contributed by atoms with Crippen LogP contribution in [0.4, 0.5) is 0 Å². The Balaban J connectivity index is 2.27. The monoisotopic (exact) mass is 330 g/mol. The lowest BCUT2D eigenvalue weighted by Gasteiger charge is -2.22. The van der Waals surface area contributed by atoms with Gasteiger partial charge in [-0.3, -0.25) is 4.79 Å². The molecule has 1 aliphatic carbocycles. The Morgan fingerprint density at radius 2 is 1.46 bits per heavy atom. The van der Waals surface area contributed by atoms with Crippen molar-refractivity contribution in [2.75, 3.05) is 0 Å². The Kier molecular flexibility index (Phi) is 3.13. The molecule has 0 saturated carbocycles. The first-order valence-electron chi connectivity index (χ1n) is 8.51. The minimum atomic E-state index is -1.65. The molecule has 0 aliphatic heterocycles. The van der Waals surface area contributed by atoms with Crippen molar-refractivity contribution in [2.45, 2.75) is 33.5 Å². The van der Waals surface area contributed by atoms with Crippen LogP contribution in [0.25, 0.3) is 21.9 Å². The average molecular weight is 331 g/mol. The van der Waals surface area contributed by atoms with Crippen molar-refractivity contribution in [1.29, 1.82) is 0 Å². The van der Waals surface area contributed by atoms with Gasteiger partial charge in [-0.2, -0.15) is 0 Å². The van der Waals surface area contributed by atoms with E-state index >= 15 is 0 Å². The molecule has 0 unspecified atom stereocenters. The van der Waals surface area contributed by atoms with E-state index in [1.54, 1.807) is 0 Å². The highest BCUT2D eigenvalue weighted by molar-refractivity contribution is 6.90. The smallest absolute Gasteiger partial charge is 0.194 e. The number of hydrogen-bond acceptors (Lipinski definition) is 1. The molecule has 0 saturated heterocycles. The van der Waals surface area contributed by atoms with Crippen LogP contribution in [0.3, 0.4) is 0 Å². The molecule has 0 spiro atoms. The van der Waals surface area contributed by atoms with E-state index in [1.165, 1.54) is 27.1 Å². The molecule has 4 rings (SSSR count). The summed E-state index contributed by atoms with van der Waals surface area (Å²) in [5.74, 6) is 0.207. The first kappa shape index (κ1) is 15.3. The van der Waals surface area contributed by atoms with Crippen LogP contribution in [0.5, 0.6) is 0 Å². The van der Waals surface area contributed by atoms with E-state index in [2.05, 4.69) is 57.8 Å². The van der Waals surface area contributed by atoms with Gasteiger partial charge in [0.25, 0.3) is 0 Å². The number of carbonyl (C=O) groups is 1. The first-order valence-corrected chi connectivity index (χ1v) is 12.0. The number of rotatable bonds is 1. The number of ketones is 1. The maximum Gasteiger partial charge on any atom is 0.194 e. The van der Waals surface area contributed by atoms with Gasteiger partial charge in [-0.05, 0) is 40.9 Å². The Bertz CT molecular complexity index is 1020. The standard InChI is InChI=1S/C22H22OSi/c1-13-10-14(2)17-12-19(24(3,4)5)21-20(18(17)11-13)15-8-6-7-9-16(15)22(21)23/h6-12H,1-5H3. The summed E-state index contributed by atoms with van der Waals surface area (Å²) in [6, 6.07) is 14.9. The largest absolute Gasteiger partial charge is 0.289 e. The highest BCUT2D eigenvalue weighted by Crippen LogP contribution is 2.42. The van der Waals surface area contributed by atoms with E-state index in [0.717, 1.165) is 22.3 Å². The van der Waals surface area contributed by atoms with Crippen LogP contribution in [0.15, 0.2) is 42.5 Å². The van der Waals surface area contributed by atoms with Gasteiger partial charge in [0.05, 0.1) is 8.07 Å². The molecule has 0 N–H and O–H groups in total. The summed E-state index contributed by atoms with van der Waals surface area (Å²) >= 11 is 0. The number of hydrogen-bond donors (Lipinski definition) is 0. The summed E-state index contributed by atoms with van der Waals surface area (Å²) in [7, 11) is -1.65. The van der Waals surface area contributed by atoms with E-state index in [1.807, 2.05) is 18.2 Å². The molecule has 0 radical (unpaired) electrons. The third-order valence-corrected chi connectivity index (χ3v) is 7.10. The maximum absolute atomic E-state index is 13.2. The van der Waals surface area contributed by atoms with Crippen LogP contribution in [0.2, 0.25) is 19.6 Å². The summed E-state index contributed by atoms with van der Waals surface area (Å²) in [5.41, 5.74) is 6.64. The molecule has 2 heteroatoms. The summed E-state index contributed by atoms with van der Waals surface area (Å²) < 4.78 is 0. The Hall–Kier alpha value is -2.19. The van der Waals surface area contributed by atoms with Crippen molar-refractivity contribution in [3.05, 3.63) is 64.7 Å². The quantitative estimate of drug-likeness (QED) is 0.438. The van der Waals surface area contributed by atoms with Crippen molar-refractivity contribution < 1.29 is 4.79 Å². The zero-order valence-electron chi connectivity index (χ0n) is 14.9. The highest BCUT2D eigenvalue weighted by Gasteiger charge is 2.34. The van der Waals surface area contributed by atoms with Gasteiger partial charge in [-0.25, -0.2) is 0 Å². The molecule has 0 heterocycles. The minimum Gasteiger partial charge on any atom is -0.289 e. The lowest BCUT2D eigenvalue weighted by atomic mass is 9.94. The van der Waals surface area contributed by atoms with Gasteiger partial charge < -0.3 is 0 Å². The van der Waals surface area contributed by atoms with Gasteiger partial charge in [0.15, 0.2) is 5.78 Å². The van der Waals surface area contributed by atoms with E-state index < -0.39 is 8.07 Å². The summed E-state index contributed by atoms with van der Waals surface area (Å²) in [6.45, 7) is 11.3. The second-order valence-electron chi connectivity index (χ2n) is 7.98. The number of benzene rings is 3. The second kappa shape index (κ2) is 4.90. The van der Waals surface area contributed by atoms with Crippen LogP contribution < -0.4 is 5.19 Å². The van der Waals surface area contributed by atoms with Crippen LogP contribution in [0.1, 0.15) is 27.0 Å². The summed E-state index contributed by atoms with van der Waals surface area (Å²) in [4.78, 5) is 13.2. The minimum absolute atomic E-state index is 0.207. The Morgan fingerprint density at radius 1 is 0.792 bits per heavy atom. The molecular weight excluding hydrogens is 308 g/mol. The molecule has 1 aliphatic rings. The predicted molar refractivity (Wildman–Crippen MR) is 105 cm³/mol. The third-order valence-electron chi connectivity index (χ3n) is 5.08. The van der Waals surface area contributed by atoms with E-state index in [-0.39, 0.29) is 5.78 Å². The average Bonchev–Trinajstić information content (AvgIpc) is 2.80. The maximum atomic E-state index is 13.2. The number of carbonyl (C=O) groups excluding carboxylic acids is 1. The van der Waals surface area contributed by atoms with Crippen LogP contribution in [-0.4, -0.2) is 13.9 Å². The summed E-state index contributed by atoms with van der Waals surface area (Å²) in [6.07, 6.45) is 0. The van der Waals surface area contributed by atoms with Crippen molar-refractivity contribution in [2.24, 2.45) is 0 Å². The van der Waals surface area contributed by atoms with Crippen LogP contribution >= 0.6 is 0 Å². The van der Waals surface area contributed by atoms with Gasteiger partial charge in [-0.1, -0.05) is 67.7 Å². The fraction of sp³-hybridized carbons (Fsp3) is 0.227. The van der Waals surface area contributed by atoms with Gasteiger partial charge in [-0.15, -0.1) is 0 Å². The van der Waals surface area contributed by atoms with Crippen LogP contribution in [0, 0.1) is 13.8 Å². The molecule has 1 nitrogen and oxygen atoms in total. The zero-order valence-corrected chi connectivity index (χ0v) is 15.9. The number of aryl methyl sites for hydroxylation is 2. The molecule has 0 amide bonds. The lowest BCUT2D eigenvalue weighted by molar-refractivity contribution is 0.104. The van der Waals surface area contributed by atoms with E-state index in [4.69, 9.17) is 0 Å². The molecular formula is C22H22OSi. The topological polar surface area (TPSA) is 17.1 Å². The number of fused-ring (bicyclic) bond motifs is 5. The molecule has 0 atom stereocenters. The highest BCUT2D eigenvalue weighted by atomic mass is 28.3. The molecule has 120 valence electrons. The molecule has 0 bridgehead atoms. The fourth-order valence-electron chi connectivity index (χ4n) is 4.00. The molecule has 0 fully saturated rings. The first-order chi connectivity index (χ1) is 11.3. The molecule has 3 aromatic carbocycles. The van der Waals surface area contributed by atoms with E-state index in [9.17, 15) is 4.79 Å². The lowest BCUT2D eigenvalue weighted by Crippen LogP contribution is -2.41. The Labute approximate surface area is 144 Å². The predicted octanol–water partition coefficient (Wildman–Crippen LogP) is 5.21. The van der Waals surface area contributed by atoms with Crippen molar-refractivity contribution >= 4 is 29.8 Å². The normalized spacial score (nSPS) is 13.3. The van der Waals surface area contributed by atoms with Crippen LogP contribution in [-0.2, 0) is 0 Å².